The molecule has 0 aromatic rings. The number of nitrogens with zero attached hydrogens (tertiary/aromatic N) is 1. The average Bonchev–Trinajstić information content (AvgIpc) is 1.79. The molecule has 0 heterocycles. The Balaban J connectivity index is 4.46. The van der Waals surface area contributed by atoms with Crippen molar-refractivity contribution in [2.24, 2.45) is 0 Å². The average molecular weight is 177 g/mol. The standard InChI is InChI=1S/C6H12N2O4/c1-8(2,3)4(5(9)10)7-6(11)12/h4,7H,1-3H3,(H-,9,10,11,12)/p+1. The van der Waals surface area contributed by atoms with Gasteiger partial charge in [-0.3, -0.25) is 5.32 Å². The summed E-state index contributed by atoms with van der Waals surface area (Å²) in [5.41, 5.74) is 0. The van der Waals surface area contributed by atoms with Gasteiger partial charge in [0, 0.05) is 0 Å². The number of likely N-dealkylation sites (N-methyl/N-ethyl adjacent to an activating group) is 1. The van der Waals surface area contributed by atoms with Gasteiger partial charge in [-0.25, -0.2) is 9.59 Å². The van der Waals surface area contributed by atoms with E-state index in [0.717, 1.165) is 0 Å². The quantitative estimate of drug-likeness (QED) is 0.395. The summed E-state index contributed by atoms with van der Waals surface area (Å²) in [6, 6.07) is 0. The fourth-order valence-corrected chi connectivity index (χ4v) is 0.704. The Labute approximate surface area is 70.0 Å². The summed E-state index contributed by atoms with van der Waals surface area (Å²) in [6.07, 6.45) is -2.47. The van der Waals surface area contributed by atoms with E-state index in [0.29, 0.717) is 0 Å². The molecule has 0 saturated carbocycles. The monoisotopic (exact) mass is 177 g/mol. The van der Waals surface area contributed by atoms with Crippen molar-refractivity contribution < 1.29 is 24.3 Å². The van der Waals surface area contributed by atoms with Gasteiger partial charge in [-0.05, 0) is 0 Å². The molecule has 0 aliphatic rings. The molecule has 0 saturated heterocycles. The van der Waals surface area contributed by atoms with E-state index in [-0.39, 0.29) is 4.48 Å². The highest BCUT2D eigenvalue weighted by Crippen LogP contribution is 1.99. The molecule has 0 bridgehead atoms. The van der Waals surface area contributed by atoms with E-state index in [2.05, 4.69) is 0 Å². The van der Waals surface area contributed by atoms with Gasteiger partial charge in [-0.2, -0.15) is 0 Å². The molecule has 0 spiro atoms. The predicted molar refractivity (Wildman–Crippen MR) is 40.6 cm³/mol. The fourth-order valence-electron chi connectivity index (χ4n) is 0.704. The van der Waals surface area contributed by atoms with E-state index in [9.17, 15) is 9.59 Å². The van der Waals surface area contributed by atoms with Crippen molar-refractivity contribution in [2.75, 3.05) is 21.1 Å². The van der Waals surface area contributed by atoms with Crippen LogP contribution in [0.25, 0.3) is 0 Å². The minimum Gasteiger partial charge on any atom is -0.475 e. The maximum Gasteiger partial charge on any atom is 0.409 e. The molecule has 3 N–H and O–H groups in total. The van der Waals surface area contributed by atoms with Crippen molar-refractivity contribution in [3.05, 3.63) is 0 Å². The molecular weight excluding hydrogens is 164 g/mol. The lowest BCUT2D eigenvalue weighted by Gasteiger charge is -2.30. The molecule has 12 heavy (non-hydrogen) atoms. The molecule has 0 aromatic carbocycles. The molecule has 0 rings (SSSR count). The van der Waals surface area contributed by atoms with Crippen LogP contribution in [-0.4, -0.2) is 54.1 Å². The summed E-state index contributed by atoms with van der Waals surface area (Å²) < 4.78 is 0.00162. The molecular formula is C6H13N2O4+. The van der Waals surface area contributed by atoms with E-state index in [4.69, 9.17) is 10.2 Å². The van der Waals surface area contributed by atoms with Crippen LogP contribution in [0.2, 0.25) is 0 Å². The topological polar surface area (TPSA) is 86.6 Å². The number of hydrogen-bond donors (Lipinski definition) is 3. The Hall–Kier alpha value is -1.30. The second kappa shape index (κ2) is 3.40. The second-order valence-corrected chi connectivity index (χ2v) is 3.31. The fraction of sp³-hybridized carbons (Fsp3) is 0.667. The third-order valence-electron chi connectivity index (χ3n) is 1.27. The van der Waals surface area contributed by atoms with Crippen LogP contribution in [-0.2, 0) is 4.79 Å². The van der Waals surface area contributed by atoms with Crippen LogP contribution >= 0.6 is 0 Å². The van der Waals surface area contributed by atoms with E-state index < -0.39 is 18.2 Å². The normalized spacial score (nSPS) is 13.6. The lowest BCUT2D eigenvalue weighted by Crippen LogP contribution is -2.59. The van der Waals surface area contributed by atoms with Gasteiger partial charge in [0.1, 0.15) is 0 Å². The Morgan fingerprint density at radius 1 is 1.25 bits per heavy atom. The smallest absolute Gasteiger partial charge is 0.409 e. The summed E-state index contributed by atoms with van der Waals surface area (Å²) in [5.74, 6) is -1.19. The van der Waals surface area contributed by atoms with Gasteiger partial charge >= 0.3 is 12.1 Å². The van der Waals surface area contributed by atoms with Gasteiger partial charge in [0.2, 0.25) is 0 Å². The Morgan fingerprint density at radius 2 is 1.67 bits per heavy atom. The summed E-state index contributed by atoms with van der Waals surface area (Å²) >= 11 is 0. The number of aliphatic carboxylic acids is 1. The van der Waals surface area contributed by atoms with Crippen LogP contribution < -0.4 is 5.32 Å². The number of rotatable bonds is 3. The van der Waals surface area contributed by atoms with Crippen molar-refractivity contribution in [1.29, 1.82) is 0 Å². The summed E-state index contributed by atoms with van der Waals surface area (Å²) in [6.45, 7) is 0. The molecule has 0 aliphatic carbocycles. The highest BCUT2D eigenvalue weighted by molar-refractivity contribution is 5.77. The van der Waals surface area contributed by atoms with E-state index in [1.54, 1.807) is 21.1 Å². The Bertz CT molecular complexity index is 196. The van der Waals surface area contributed by atoms with Crippen molar-refractivity contribution in [1.82, 2.24) is 5.32 Å². The third-order valence-corrected chi connectivity index (χ3v) is 1.27. The van der Waals surface area contributed by atoms with Gasteiger partial charge in [0.15, 0.2) is 0 Å². The molecule has 0 aromatic heterocycles. The van der Waals surface area contributed by atoms with Crippen LogP contribution in [0.5, 0.6) is 0 Å². The molecule has 70 valence electrons. The number of amides is 1. The number of nitrogens with one attached hydrogen (secondary N) is 1. The maximum atomic E-state index is 10.5. The predicted octanol–water partition coefficient (Wildman–Crippen LogP) is -0.629. The van der Waals surface area contributed by atoms with E-state index in [1.165, 1.54) is 0 Å². The highest BCUT2D eigenvalue weighted by Gasteiger charge is 2.32. The molecule has 0 aliphatic heterocycles. The Kier molecular flexibility index (Phi) is 3.03. The first-order valence-corrected chi connectivity index (χ1v) is 3.28. The summed E-state index contributed by atoms with van der Waals surface area (Å²) in [5, 5.41) is 18.8. The second-order valence-electron chi connectivity index (χ2n) is 3.31. The first-order chi connectivity index (χ1) is 5.25. The molecule has 6 nitrogen and oxygen atoms in total. The number of hydrogen-bond acceptors (Lipinski definition) is 2. The molecule has 0 radical (unpaired) electrons. The van der Waals surface area contributed by atoms with Crippen LogP contribution in [0, 0.1) is 0 Å². The van der Waals surface area contributed by atoms with Crippen molar-refractivity contribution in [3.8, 4) is 0 Å². The van der Waals surface area contributed by atoms with Crippen LogP contribution in [0.4, 0.5) is 4.79 Å². The lowest BCUT2D eigenvalue weighted by molar-refractivity contribution is -0.889. The molecule has 1 amide bonds. The van der Waals surface area contributed by atoms with Crippen LogP contribution in [0.15, 0.2) is 0 Å². The molecule has 1 atom stereocenters. The van der Waals surface area contributed by atoms with Gasteiger partial charge in [-0.15, -0.1) is 0 Å². The zero-order valence-corrected chi connectivity index (χ0v) is 7.24. The first kappa shape index (κ1) is 10.7. The zero-order chi connectivity index (χ0) is 9.94. The number of carbonyl (C=O) groups is 2. The van der Waals surface area contributed by atoms with Crippen molar-refractivity contribution in [2.45, 2.75) is 6.17 Å². The largest absolute Gasteiger partial charge is 0.475 e. The SMILES string of the molecule is C[N+](C)(C)C(NC(=O)O)C(=O)O. The molecule has 1 unspecified atom stereocenters. The summed E-state index contributed by atoms with van der Waals surface area (Å²) in [4.78, 5) is 20.7. The highest BCUT2D eigenvalue weighted by atomic mass is 16.4. The minimum absolute atomic E-state index is 0.00162. The number of carboxylic acid groups (broad SMARTS) is 2. The van der Waals surface area contributed by atoms with Gasteiger partial charge in [-0.1, -0.05) is 0 Å². The molecule has 6 heteroatoms. The Morgan fingerprint density at radius 3 is 1.75 bits per heavy atom. The van der Waals surface area contributed by atoms with Gasteiger partial charge in [0.25, 0.3) is 6.17 Å². The maximum absolute atomic E-state index is 10.5. The first-order valence-electron chi connectivity index (χ1n) is 3.28. The van der Waals surface area contributed by atoms with E-state index in [1.807, 2.05) is 5.32 Å². The summed E-state index contributed by atoms with van der Waals surface area (Å²) in [7, 11) is 4.78. The van der Waals surface area contributed by atoms with Crippen LogP contribution in [0.1, 0.15) is 0 Å². The zero-order valence-electron chi connectivity index (χ0n) is 7.24. The lowest BCUT2D eigenvalue weighted by atomic mass is 10.4. The van der Waals surface area contributed by atoms with Crippen molar-refractivity contribution in [3.63, 3.8) is 0 Å². The molecule has 0 fully saturated rings. The minimum atomic E-state index is -1.34. The van der Waals surface area contributed by atoms with Gasteiger partial charge < -0.3 is 14.7 Å². The van der Waals surface area contributed by atoms with Gasteiger partial charge in [0.05, 0.1) is 21.1 Å². The van der Waals surface area contributed by atoms with E-state index >= 15 is 0 Å². The third kappa shape index (κ3) is 3.20. The number of carboxylic acids is 1. The van der Waals surface area contributed by atoms with Crippen LogP contribution in [0.3, 0.4) is 0 Å². The van der Waals surface area contributed by atoms with Crippen molar-refractivity contribution >= 4 is 12.1 Å². The number of quaternary nitrogens is 1.